The molecule has 3 rings (SSSR count). The predicted octanol–water partition coefficient (Wildman–Crippen LogP) is 3.09. The van der Waals surface area contributed by atoms with Crippen molar-refractivity contribution in [1.82, 2.24) is 10.6 Å². The Balaban J connectivity index is 1.37. The Morgan fingerprint density at radius 2 is 1.50 bits per heavy atom. The van der Waals surface area contributed by atoms with E-state index in [1.807, 2.05) is 24.3 Å². The molecule has 0 aliphatic heterocycles. The molecule has 2 N–H and O–H groups in total. The second kappa shape index (κ2) is 8.32. The predicted molar refractivity (Wildman–Crippen MR) is 98.0 cm³/mol. The van der Waals surface area contributed by atoms with Crippen molar-refractivity contribution in [3.63, 3.8) is 0 Å². The van der Waals surface area contributed by atoms with Gasteiger partial charge in [-0.3, -0.25) is 9.59 Å². The molecule has 1 aliphatic rings. The van der Waals surface area contributed by atoms with Crippen molar-refractivity contribution in [2.45, 2.75) is 19.4 Å². The zero-order chi connectivity index (χ0) is 18.5. The summed E-state index contributed by atoms with van der Waals surface area (Å²) >= 11 is 5.84. The molecule has 2 amide bonds. The first-order chi connectivity index (χ1) is 12.5. The van der Waals surface area contributed by atoms with Gasteiger partial charge in [-0.1, -0.05) is 35.9 Å². The number of amides is 2. The molecule has 0 radical (unpaired) electrons. The number of carbonyl (C=O) groups excluding carboxylic acids is 2. The number of hydrogen-bond acceptors (Lipinski definition) is 2. The number of rotatable bonds is 7. The summed E-state index contributed by atoms with van der Waals surface area (Å²) in [7, 11) is 0. The molecule has 0 aromatic heterocycles. The molecular weight excluding hydrogens is 355 g/mol. The molecule has 2 aromatic carbocycles. The Morgan fingerprint density at radius 3 is 2.15 bits per heavy atom. The summed E-state index contributed by atoms with van der Waals surface area (Å²) < 4.78 is 12.9. The van der Waals surface area contributed by atoms with Gasteiger partial charge in [0.25, 0.3) is 0 Å². The Bertz CT molecular complexity index is 777. The summed E-state index contributed by atoms with van der Waals surface area (Å²) in [6.07, 6.45) is 1.29. The van der Waals surface area contributed by atoms with Gasteiger partial charge in [0.05, 0.1) is 11.8 Å². The summed E-state index contributed by atoms with van der Waals surface area (Å²) in [6, 6.07) is 13.5. The fourth-order valence-corrected chi connectivity index (χ4v) is 2.94. The van der Waals surface area contributed by atoms with E-state index >= 15 is 0 Å². The van der Waals surface area contributed by atoms with Crippen LogP contribution in [0.5, 0.6) is 0 Å². The van der Waals surface area contributed by atoms with Crippen LogP contribution in [0.2, 0.25) is 5.02 Å². The van der Waals surface area contributed by atoms with Crippen LogP contribution in [0, 0.1) is 17.7 Å². The first-order valence-corrected chi connectivity index (χ1v) is 8.95. The first kappa shape index (κ1) is 18.4. The van der Waals surface area contributed by atoms with Gasteiger partial charge in [-0.15, -0.1) is 0 Å². The molecule has 0 saturated heterocycles. The van der Waals surface area contributed by atoms with Crippen LogP contribution < -0.4 is 10.6 Å². The molecule has 1 aliphatic carbocycles. The van der Waals surface area contributed by atoms with E-state index in [0.717, 1.165) is 17.5 Å². The molecule has 0 heterocycles. The largest absolute Gasteiger partial charge is 0.356 e. The summed E-state index contributed by atoms with van der Waals surface area (Å²) in [5, 5.41) is 6.36. The third kappa shape index (κ3) is 5.05. The van der Waals surface area contributed by atoms with Crippen LogP contribution in [0.15, 0.2) is 48.5 Å². The van der Waals surface area contributed by atoms with Crippen LogP contribution >= 0.6 is 11.6 Å². The number of nitrogens with one attached hydrogen (secondary N) is 2. The maximum Gasteiger partial charge on any atom is 0.224 e. The highest BCUT2D eigenvalue weighted by atomic mass is 35.5. The molecule has 6 heteroatoms. The molecule has 1 fully saturated rings. The molecule has 2 aromatic rings. The lowest BCUT2D eigenvalue weighted by Gasteiger charge is -2.07. The van der Waals surface area contributed by atoms with Gasteiger partial charge in [-0.05, 0) is 48.2 Å². The summed E-state index contributed by atoms with van der Waals surface area (Å²) in [6.45, 7) is 0.863. The highest BCUT2D eigenvalue weighted by Crippen LogP contribution is 2.38. The van der Waals surface area contributed by atoms with Crippen LogP contribution in [-0.4, -0.2) is 18.4 Å². The monoisotopic (exact) mass is 374 g/mol. The van der Waals surface area contributed by atoms with E-state index in [9.17, 15) is 14.0 Å². The third-order valence-corrected chi connectivity index (χ3v) is 4.72. The van der Waals surface area contributed by atoms with E-state index in [1.54, 1.807) is 12.1 Å². The number of benzene rings is 2. The topological polar surface area (TPSA) is 58.2 Å². The fraction of sp³-hybridized carbons (Fsp3) is 0.300. The Labute approximate surface area is 156 Å². The van der Waals surface area contributed by atoms with Crippen molar-refractivity contribution in [2.75, 3.05) is 6.54 Å². The second-order valence-corrected chi connectivity index (χ2v) is 6.90. The summed E-state index contributed by atoms with van der Waals surface area (Å²) in [5.74, 6) is -1.05. The van der Waals surface area contributed by atoms with E-state index in [0.29, 0.717) is 24.5 Å². The van der Waals surface area contributed by atoms with Gasteiger partial charge in [0.2, 0.25) is 11.8 Å². The Hall–Kier alpha value is -2.40. The minimum atomic E-state index is -0.308. The van der Waals surface area contributed by atoms with Gasteiger partial charge in [0.1, 0.15) is 5.82 Å². The average Bonchev–Trinajstić information content (AvgIpc) is 3.43. The number of carbonyl (C=O) groups is 2. The molecule has 136 valence electrons. The van der Waals surface area contributed by atoms with E-state index in [1.165, 1.54) is 12.1 Å². The Morgan fingerprint density at radius 1 is 0.923 bits per heavy atom. The highest BCUT2D eigenvalue weighted by Gasteiger charge is 2.47. The summed E-state index contributed by atoms with van der Waals surface area (Å²) in [5.41, 5.74) is 1.92. The van der Waals surface area contributed by atoms with Crippen LogP contribution in [0.1, 0.15) is 17.5 Å². The normalized spacial score (nSPS) is 18.2. The average molecular weight is 375 g/mol. The molecule has 1 saturated carbocycles. The van der Waals surface area contributed by atoms with Crippen molar-refractivity contribution in [3.8, 4) is 0 Å². The quantitative estimate of drug-likeness (QED) is 0.782. The number of hydrogen-bond donors (Lipinski definition) is 2. The molecule has 2 atom stereocenters. The maximum atomic E-state index is 12.9. The molecular formula is C20H20ClFN2O2. The maximum absolute atomic E-state index is 12.9. The minimum absolute atomic E-state index is 0.0825. The molecule has 4 nitrogen and oxygen atoms in total. The van der Waals surface area contributed by atoms with E-state index in [4.69, 9.17) is 11.6 Å². The van der Waals surface area contributed by atoms with Crippen LogP contribution in [0.4, 0.5) is 4.39 Å². The second-order valence-electron chi connectivity index (χ2n) is 6.46. The standard InChI is InChI=1S/C20H20ClFN2O2/c21-15-5-1-13(2-6-15)9-10-23-19(25)17-11-18(17)20(26)24-12-14-3-7-16(22)8-4-14/h1-8,17-18H,9-12H2,(H,23,25)(H,24,26). The number of halogens is 2. The van der Waals surface area contributed by atoms with Gasteiger partial charge in [-0.25, -0.2) is 4.39 Å². The van der Waals surface area contributed by atoms with Crippen molar-refractivity contribution in [1.29, 1.82) is 0 Å². The lowest BCUT2D eigenvalue weighted by atomic mass is 10.1. The van der Waals surface area contributed by atoms with E-state index in [2.05, 4.69) is 10.6 Å². The van der Waals surface area contributed by atoms with Crippen molar-refractivity contribution < 1.29 is 14.0 Å². The SMILES string of the molecule is O=C(NCCc1ccc(Cl)cc1)C1CC1C(=O)NCc1ccc(F)cc1. The Kier molecular flexibility index (Phi) is 5.89. The first-order valence-electron chi connectivity index (χ1n) is 8.57. The smallest absolute Gasteiger partial charge is 0.224 e. The lowest BCUT2D eigenvalue weighted by Crippen LogP contribution is -2.31. The fourth-order valence-electron chi connectivity index (χ4n) is 2.81. The molecule has 26 heavy (non-hydrogen) atoms. The minimum Gasteiger partial charge on any atom is -0.356 e. The van der Waals surface area contributed by atoms with Crippen LogP contribution in [-0.2, 0) is 22.6 Å². The van der Waals surface area contributed by atoms with E-state index in [-0.39, 0.29) is 29.5 Å². The van der Waals surface area contributed by atoms with Gasteiger partial charge < -0.3 is 10.6 Å². The van der Waals surface area contributed by atoms with Crippen LogP contribution in [0.25, 0.3) is 0 Å². The zero-order valence-electron chi connectivity index (χ0n) is 14.2. The summed E-state index contributed by atoms with van der Waals surface area (Å²) in [4.78, 5) is 24.2. The lowest BCUT2D eigenvalue weighted by molar-refractivity contribution is -0.127. The van der Waals surface area contributed by atoms with Gasteiger partial charge in [0.15, 0.2) is 0 Å². The van der Waals surface area contributed by atoms with Gasteiger partial charge in [-0.2, -0.15) is 0 Å². The van der Waals surface area contributed by atoms with Crippen molar-refractivity contribution >= 4 is 23.4 Å². The zero-order valence-corrected chi connectivity index (χ0v) is 14.9. The van der Waals surface area contributed by atoms with Crippen molar-refractivity contribution in [2.24, 2.45) is 11.8 Å². The van der Waals surface area contributed by atoms with Crippen LogP contribution in [0.3, 0.4) is 0 Å². The van der Waals surface area contributed by atoms with E-state index < -0.39 is 0 Å². The molecule has 0 spiro atoms. The van der Waals surface area contributed by atoms with Gasteiger partial charge in [0, 0.05) is 18.1 Å². The highest BCUT2D eigenvalue weighted by molar-refractivity contribution is 6.30. The molecule has 0 bridgehead atoms. The van der Waals surface area contributed by atoms with Crippen molar-refractivity contribution in [3.05, 3.63) is 70.5 Å². The van der Waals surface area contributed by atoms with Gasteiger partial charge >= 0.3 is 0 Å². The molecule has 2 unspecified atom stereocenters. The third-order valence-electron chi connectivity index (χ3n) is 4.47.